The van der Waals surface area contributed by atoms with E-state index in [1.54, 1.807) is 0 Å². The molecule has 0 aromatic carbocycles. The quantitative estimate of drug-likeness (QED) is 0.690. The average Bonchev–Trinajstić information content (AvgIpc) is 2.67. The van der Waals surface area contributed by atoms with Crippen molar-refractivity contribution in [2.45, 2.75) is 50.8 Å². The first-order chi connectivity index (χ1) is 7.58. The van der Waals surface area contributed by atoms with Gasteiger partial charge in [-0.1, -0.05) is 0 Å². The van der Waals surface area contributed by atoms with Crippen molar-refractivity contribution in [1.82, 2.24) is 5.32 Å². The minimum Gasteiger partial charge on any atom is -0.378 e. The minimum absolute atomic E-state index is 0.219. The lowest BCUT2D eigenvalue weighted by Gasteiger charge is -2.10. The number of hydrogen-bond acceptors (Lipinski definition) is 2. The summed E-state index contributed by atoms with van der Waals surface area (Å²) < 4.78 is 40.8. The molecule has 0 amide bonds. The molecule has 96 valence electrons. The van der Waals surface area contributed by atoms with Gasteiger partial charge in [0.25, 0.3) is 0 Å². The van der Waals surface area contributed by atoms with Gasteiger partial charge in [-0.05, 0) is 45.2 Å². The highest BCUT2D eigenvalue weighted by Crippen LogP contribution is 2.21. The van der Waals surface area contributed by atoms with Crippen molar-refractivity contribution in [2.75, 3.05) is 19.7 Å². The summed E-state index contributed by atoms with van der Waals surface area (Å²) in [6, 6.07) is 0. The first-order valence-corrected chi connectivity index (χ1v) is 5.97. The van der Waals surface area contributed by atoms with Gasteiger partial charge in [-0.2, -0.15) is 13.2 Å². The highest BCUT2D eigenvalue weighted by atomic mass is 19.4. The van der Waals surface area contributed by atoms with Gasteiger partial charge in [-0.25, -0.2) is 0 Å². The molecular weight excluding hydrogens is 219 g/mol. The number of halogens is 3. The van der Waals surface area contributed by atoms with Crippen LogP contribution in [0.3, 0.4) is 0 Å². The summed E-state index contributed by atoms with van der Waals surface area (Å²) in [7, 11) is 0. The molecule has 1 N–H and O–H groups in total. The first-order valence-electron chi connectivity index (χ1n) is 5.97. The summed E-state index contributed by atoms with van der Waals surface area (Å²) in [6.45, 7) is 2.37. The van der Waals surface area contributed by atoms with Gasteiger partial charge in [0.05, 0.1) is 6.10 Å². The van der Waals surface area contributed by atoms with Gasteiger partial charge in [0.15, 0.2) is 0 Å². The van der Waals surface area contributed by atoms with Gasteiger partial charge < -0.3 is 10.1 Å². The van der Waals surface area contributed by atoms with E-state index >= 15 is 0 Å². The first kappa shape index (κ1) is 13.8. The second-order valence-corrected chi connectivity index (χ2v) is 4.25. The molecule has 1 aliphatic rings. The van der Waals surface area contributed by atoms with Gasteiger partial charge in [0, 0.05) is 13.0 Å². The van der Waals surface area contributed by atoms with Crippen molar-refractivity contribution >= 4 is 0 Å². The summed E-state index contributed by atoms with van der Waals surface area (Å²) in [4.78, 5) is 0. The van der Waals surface area contributed by atoms with E-state index in [9.17, 15) is 13.2 Å². The Hall–Kier alpha value is -0.290. The van der Waals surface area contributed by atoms with Gasteiger partial charge in [-0.15, -0.1) is 0 Å². The Morgan fingerprint density at radius 1 is 1.19 bits per heavy atom. The van der Waals surface area contributed by atoms with E-state index < -0.39 is 12.6 Å². The van der Waals surface area contributed by atoms with Crippen molar-refractivity contribution in [3.05, 3.63) is 0 Å². The van der Waals surface area contributed by atoms with Crippen molar-refractivity contribution in [2.24, 2.45) is 0 Å². The zero-order valence-electron chi connectivity index (χ0n) is 9.48. The van der Waals surface area contributed by atoms with Crippen LogP contribution < -0.4 is 5.32 Å². The Morgan fingerprint density at radius 3 is 2.62 bits per heavy atom. The largest absolute Gasteiger partial charge is 0.389 e. The molecule has 0 aliphatic carbocycles. The molecule has 1 aliphatic heterocycles. The molecule has 1 heterocycles. The number of ether oxygens (including phenoxy) is 1. The van der Waals surface area contributed by atoms with Crippen molar-refractivity contribution in [1.29, 1.82) is 0 Å². The van der Waals surface area contributed by atoms with Crippen molar-refractivity contribution in [3.8, 4) is 0 Å². The summed E-state index contributed by atoms with van der Waals surface area (Å²) in [5.74, 6) is 0. The van der Waals surface area contributed by atoms with Gasteiger partial charge in [0.2, 0.25) is 0 Å². The Balaban J connectivity index is 1.81. The third kappa shape index (κ3) is 7.06. The summed E-state index contributed by atoms with van der Waals surface area (Å²) in [5, 5.41) is 3.15. The summed E-state index contributed by atoms with van der Waals surface area (Å²) in [5.41, 5.74) is 0. The average molecular weight is 239 g/mol. The molecule has 1 saturated heterocycles. The van der Waals surface area contributed by atoms with E-state index in [0.29, 0.717) is 19.1 Å². The molecule has 2 nitrogen and oxygen atoms in total. The van der Waals surface area contributed by atoms with Crippen LogP contribution in [0.5, 0.6) is 0 Å². The normalized spacial score (nSPS) is 21.6. The molecule has 0 saturated carbocycles. The molecule has 1 atom stereocenters. The highest BCUT2D eigenvalue weighted by molar-refractivity contribution is 4.66. The maximum absolute atomic E-state index is 11.8. The number of hydrogen-bond donors (Lipinski definition) is 1. The van der Waals surface area contributed by atoms with E-state index in [0.717, 1.165) is 32.4 Å². The topological polar surface area (TPSA) is 21.3 Å². The Kier molecular flexibility index (Phi) is 6.13. The zero-order valence-corrected chi connectivity index (χ0v) is 9.48. The minimum atomic E-state index is -4.00. The predicted molar refractivity (Wildman–Crippen MR) is 56.4 cm³/mol. The lowest BCUT2D eigenvalue weighted by molar-refractivity contribution is -0.135. The molecule has 0 spiro atoms. The second kappa shape index (κ2) is 7.12. The van der Waals surface area contributed by atoms with Gasteiger partial charge in [0.1, 0.15) is 0 Å². The molecule has 1 rings (SSSR count). The van der Waals surface area contributed by atoms with Crippen LogP contribution in [0.4, 0.5) is 13.2 Å². The van der Waals surface area contributed by atoms with Crippen molar-refractivity contribution in [3.63, 3.8) is 0 Å². The zero-order chi connectivity index (χ0) is 11.9. The molecule has 16 heavy (non-hydrogen) atoms. The number of unbranched alkanes of at least 4 members (excludes halogenated alkanes) is 1. The number of rotatable bonds is 7. The number of nitrogens with one attached hydrogen (secondary N) is 1. The Morgan fingerprint density at radius 2 is 2.00 bits per heavy atom. The second-order valence-electron chi connectivity index (χ2n) is 4.25. The highest BCUT2D eigenvalue weighted by Gasteiger charge is 2.25. The fourth-order valence-corrected chi connectivity index (χ4v) is 1.84. The van der Waals surface area contributed by atoms with Crippen LogP contribution in [-0.2, 0) is 4.74 Å². The molecule has 0 aromatic heterocycles. The fraction of sp³-hybridized carbons (Fsp3) is 1.00. The van der Waals surface area contributed by atoms with Gasteiger partial charge in [-0.3, -0.25) is 0 Å². The Bertz CT molecular complexity index is 179. The maximum Gasteiger partial charge on any atom is 0.389 e. The van der Waals surface area contributed by atoms with Crippen LogP contribution in [0, 0.1) is 0 Å². The van der Waals surface area contributed by atoms with Gasteiger partial charge >= 0.3 is 6.18 Å². The van der Waals surface area contributed by atoms with E-state index in [2.05, 4.69) is 5.32 Å². The van der Waals surface area contributed by atoms with Crippen LogP contribution in [-0.4, -0.2) is 32.0 Å². The van der Waals surface area contributed by atoms with E-state index in [1.807, 2.05) is 0 Å². The lowest BCUT2D eigenvalue weighted by atomic mass is 10.2. The lowest BCUT2D eigenvalue weighted by Crippen LogP contribution is -2.21. The number of alkyl halides is 3. The molecule has 0 bridgehead atoms. The summed E-state index contributed by atoms with van der Waals surface area (Å²) in [6.07, 6.45) is -0.270. The molecule has 0 radical (unpaired) electrons. The molecule has 0 aromatic rings. The molecule has 1 unspecified atom stereocenters. The monoisotopic (exact) mass is 239 g/mol. The summed E-state index contributed by atoms with van der Waals surface area (Å²) >= 11 is 0. The predicted octanol–water partition coefficient (Wildman–Crippen LogP) is 2.88. The van der Waals surface area contributed by atoms with Crippen LogP contribution in [0.2, 0.25) is 0 Å². The van der Waals surface area contributed by atoms with E-state index in [-0.39, 0.29) is 6.42 Å². The van der Waals surface area contributed by atoms with Crippen LogP contribution in [0.15, 0.2) is 0 Å². The Labute approximate surface area is 94.5 Å². The molecule has 1 fully saturated rings. The van der Waals surface area contributed by atoms with Crippen LogP contribution in [0.25, 0.3) is 0 Å². The van der Waals surface area contributed by atoms with E-state index in [4.69, 9.17) is 4.74 Å². The van der Waals surface area contributed by atoms with Crippen LogP contribution in [0.1, 0.15) is 38.5 Å². The molecule has 5 heteroatoms. The fourth-order valence-electron chi connectivity index (χ4n) is 1.84. The van der Waals surface area contributed by atoms with Crippen LogP contribution >= 0.6 is 0 Å². The van der Waals surface area contributed by atoms with E-state index in [1.165, 1.54) is 0 Å². The standard InChI is InChI=1S/C11H20F3NO/c12-11(13,14)6-1-2-7-15-8-5-10-4-3-9-16-10/h10,15H,1-9H2. The maximum atomic E-state index is 11.8. The SMILES string of the molecule is FC(F)(F)CCCCNCCC1CCCO1. The van der Waals surface area contributed by atoms with Crippen molar-refractivity contribution < 1.29 is 17.9 Å². The third-order valence-corrected chi connectivity index (χ3v) is 2.73. The third-order valence-electron chi connectivity index (χ3n) is 2.73. The molecular formula is C11H20F3NO. The smallest absolute Gasteiger partial charge is 0.378 e.